The molecule has 5 nitrogen and oxygen atoms in total. The van der Waals surface area contributed by atoms with Crippen molar-refractivity contribution >= 4 is 0 Å². The number of ether oxygens (including phenoxy) is 2. The largest absolute Gasteiger partial charge is 0.356 e. The van der Waals surface area contributed by atoms with E-state index in [0.29, 0.717) is 6.61 Å². The van der Waals surface area contributed by atoms with Crippen LogP contribution < -0.4 is 0 Å². The number of nitriles is 2. The summed E-state index contributed by atoms with van der Waals surface area (Å²) in [5.41, 5.74) is 0.500. The molecule has 0 unspecified atom stereocenters. The Kier molecular flexibility index (Phi) is 2.24. The van der Waals surface area contributed by atoms with Gasteiger partial charge in [0.15, 0.2) is 5.72 Å². The zero-order valence-corrected chi connectivity index (χ0v) is 9.64. The minimum atomic E-state index is -0.491. The van der Waals surface area contributed by atoms with Crippen LogP contribution in [0, 0.1) is 22.7 Å². The number of fused-ring (bicyclic) bond motifs is 5. The van der Waals surface area contributed by atoms with Gasteiger partial charge in [-0.05, 0) is 25.3 Å². The minimum Gasteiger partial charge on any atom is -0.356 e. The Morgan fingerprint density at radius 1 is 1.47 bits per heavy atom. The van der Waals surface area contributed by atoms with Gasteiger partial charge in [0.05, 0.1) is 6.61 Å². The van der Waals surface area contributed by atoms with E-state index in [1.165, 1.54) is 0 Å². The van der Waals surface area contributed by atoms with Gasteiger partial charge in [-0.25, -0.2) is 4.90 Å². The van der Waals surface area contributed by atoms with Crippen molar-refractivity contribution < 1.29 is 9.47 Å². The smallest absolute Gasteiger partial charge is 0.151 e. The van der Waals surface area contributed by atoms with E-state index >= 15 is 0 Å². The molecule has 3 atom stereocenters. The molecular weight excluding hydrogens is 218 g/mol. The molecular formula is C12H13N3O2. The molecule has 17 heavy (non-hydrogen) atoms. The Balaban J connectivity index is 2.06. The van der Waals surface area contributed by atoms with Gasteiger partial charge in [0.1, 0.15) is 30.0 Å². The Morgan fingerprint density at radius 3 is 2.94 bits per heavy atom. The topological polar surface area (TPSA) is 69.3 Å². The Labute approximate surface area is 99.8 Å². The van der Waals surface area contributed by atoms with Crippen LogP contribution in [0.15, 0.2) is 11.1 Å². The molecule has 0 aromatic heterocycles. The Hall–Kier alpha value is -1.40. The molecule has 0 aromatic carbocycles. The molecule has 3 aliphatic rings. The first-order chi connectivity index (χ1) is 8.20. The standard InChI is InChI=1S/C12H13N3O2/c1-12-11-9(8(6-13)7-14)2-3-10(17-11)15(12)4-5-16-12/h10-11H,2-5H2,1H3/t10-,11+,12+/m1/s1. The summed E-state index contributed by atoms with van der Waals surface area (Å²) in [5.74, 6) is 0. The molecule has 0 N–H and O–H groups in total. The number of hydrogen-bond acceptors (Lipinski definition) is 5. The molecule has 0 saturated carbocycles. The summed E-state index contributed by atoms with van der Waals surface area (Å²) < 4.78 is 11.7. The highest BCUT2D eigenvalue weighted by Gasteiger charge is 2.58. The lowest BCUT2D eigenvalue weighted by Crippen LogP contribution is -2.45. The lowest BCUT2D eigenvalue weighted by molar-refractivity contribution is -0.0675. The second-order valence-corrected chi connectivity index (χ2v) is 4.73. The van der Waals surface area contributed by atoms with Crippen LogP contribution in [-0.4, -0.2) is 36.1 Å². The predicted octanol–water partition coefficient (Wildman–Crippen LogP) is 0.897. The minimum absolute atomic E-state index is 0.0786. The van der Waals surface area contributed by atoms with Crippen molar-refractivity contribution in [2.75, 3.05) is 13.2 Å². The van der Waals surface area contributed by atoms with Crippen LogP contribution in [-0.2, 0) is 9.47 Å². The van der Waals surface area contributed by atoms with Crippen LogP contribution in [0.1, 0.15) is 19.8 Å². The van der Waals surface area contributed by atoms with Gasteiger partial charge in [0.25, 0.3) is 0 Å². The zero-order chi connectivity index (χ0) is 12.0. The molecule has 5 heteroatoms. The third-order valence-electron chi connectivity index (χ3n) is 3.95. The van der Waals surface area contributed by atoms with Crippen LogP contribution in [0.4, 0.5) is 0 Å². The van der Waals surface area contributed by atoms with Gasteiger partial charge in [0, 0.05) is 6.54 Å². The van der Waals surface area contributed by atoms with Crippen LogP contribution in [0.5, 0.6) is 0 Å². The van der Waals surface area contributed by atoms with Gasteiger partial charge in [-0.15, -0.1) is 0 Å². The summed E-state index contributed by atoms with van der Waals surface area (Å²) in [4.78, 5) is 2.21. The molecule has 0 aliphatic carbocycles. The normalized spacial score (nSPS) is 39.6. The average Bonchev–Trinajstić information content (AvgIpc) is 2.82. The van der Waals surface area contributed by atoms with E-state index in [9.17, 15) is 0 Å². The number of nitrogens with zero attached hydrogens (tertiary/aromatic N) is 3. The highest BCUT2D eigenvalue weighted by atomic mass is 16.6. The fourth-order valence-electron chi connectivity index (χ4n) is 3.13. The number of hydrogen-bond donors (Lipinski definition) is 0. The lowest BCUT2D eigenvalue weighted by Gasteiger charge is -2.30. The average molecular weight is 231 g/mol. The van der Waals surface area contributed by atoms with Crippen molar-refractivity contribution in [3.63, 3.8) is 0 Å². The van der Waals surface area contributed by atoms with Crippen molar-refractivity contribution in [3.05, 3.63) is 11.1 Å². The van der Waals surface area contributed by atoms with Crippen molar-refractivity contribution in [3.8, 4) is 12.1 Å². The second kappa shape index (κ2) is 3.54. The first-order valence-electron chi connectivity index (χ1n) is 5.80. The molecule has 2 bridgehead atoms. The molecule has 3 saturated heterocycles. The molecule has 88 valence electrons. The third-order valence-corrected chi connectivity index (χ3v) is 3.95. The number of rotatable bonds is 0. The lowest BCUT2D eigenvalue weighted by atomic mass is 9.93. The van der Waals surface area contributed by atoms with E-state index in [2.05, 4.69) is 4.90 Å². The molecule has 3 rings (SSSR count). The van der Waals surface area contributed by atoms with E-state index in [-0.39, 0.29) is 17.9 Å². The maximum atomic E-state index is 8.99. The maximum absolute atomic E-state index is 8.99. The predicted molar refractivity (Wildman–Crippen MR) is 57.2 cm³/mol. The van der Waals surface area contributed by atoms with Crippen molar-refractivity contribution in [2.45, 2.75) is 37.8 Å². The van der Waals surface area contributed by atoms with Crippen LogP contribution >= 0.6 is 0 Å². The van der Waals surface area contributed by atoms with Gasteiger partial charge < -0.3 is 9.47 Å². The molecule has 0 aromatic rings. The van der Waals surface area contributed by atoms with Crippen LogP contribution in [0.2, 0.25) is 0 Å². The molecule has 0 spiro atoms. The van der Waals surface area contributed by atoms with Crippen molar-refractivity contribution in [1.82, 2.24) is 4.90 Å². The zero-order valence-electron chi connectivity index (χ0n) is 9.64. The highest BCUT2D eigenvalue weighted by molar-refractivity contribution is 5.44. The maximum Gasteiger partial charge on any atom is 0.151 e. The van der Waals surface area contributed by atoms with Gasteiger partial charge in [-0.1, -0.05) is 0 Å². The molecule has 0 amide bonds. The summed E-state index contributed by atoms with van der Waals surface area (Å²) >= 11 is 0. The van der Waals surface area contributed by atoms with Gasteiger partial charge in [-0.3, -0.25) is 0 Å². The Bertz CT molecular complexity index is 457. The SMILES string of the molecule is C[C@@]12OCCN1[C@H]1CCC(=C(C#N)C#N)[C@@H]2O1. The number of allylic oxidation sites excluding steroid dienone is 1. The monoisotopic (exact) mass is 231 g/mol. The fraction of sp³-hybridized carbons (Fsp3) is 0.667. The highest BCUT2D eigenvalue weighted by Crippen LogP contribution is 2.47. The first kappa shape index (κ1) is 10.7. The van der Waals surface area contributed by atoms with E-state index in [1.54, 1.807) is 0 Å². The van der Waals surface area contributed by atoms with Gasteiger partial charge in [-0.2, -0.15) is 10.5 Å². The van der Waals surface area contributed by atoms with Gasteiger partial charge >= 0.3 is 0 Å². The summed E-state index contributed by atoms with van der Waals surface area (Å²) in [6, 6.07) is 3.93. The van der Waals surface area contributed by atoms with E-state index in [0.717, 1.165) is 25.0 Å². The second-order valence-electron chi connectivity index (χ2n) is 4.73. The van der Waals surface area contributed by atoms with Gasteiger partial charge in [0.2, 0.25) is 0 Å². The summed E-state index contributed by atoms with van der Waals surface area (Å²) in [7, 11) is 0. The quantitative estimate of drug-likeness (QED) is 0.579. The van der Waals surface area contributed by atoms with Crippen LogP contribution in [0.25, 0.3) is 0 Å². The summed E-state index contributed by atoms with van der Waals surface area (Å²) in [6.07, 6.45) is 1.40. The Morgan fingerprint density at radius 2 is 2.24 bits per heavy atom. The van der Waals surface area contributed by atoms with Crippen LogP contribution in [0.3, 0.4) is 0 Å². The summed E-state index contributed by atoms with van der Waals surface area (Å²) in [5, 5.41) is 18.0. The van der Waals surface area contributed by atoms with E-state index in [4.69, 9.17) is 20.0 Å². The fourth-order valence-corrected chi connectivity index (χ4v) is 3.13. The molecule has 3 heterocycles. The van der Waals surface area contributed by atoms with E-state index < -0.39 is 5.72 Å². The van der Waals surface area contributed by atoms with Crippen molar-refractivity contribution in [2.24, 2.45) is 0 Å². The molecule has 3 fully saturated rings. The third kappa shape index (κ3) is 1.28. The van der Waals surface area contributed by atoms with E-state index in [1.807, 2.05) is 19.1 Å². The first-order valence-corrected chi connectivity index (χ1v) is 5.80. The molecule has 3 aliphatic heterocycles. The summed E-state index contributed by atoms with van der Waals surface area (Å²) in [6.45, 7) is 3.54. The van der Waals surface area contributed by atoms with Crippen molar-refractivity contribution in [1.29, 1.82) is 10.5 Å². The molecule has 0 radical (unpaired) electrons.